The van der Waals surface area contributed by atoms with Gasteiger partial charge in [0.05, 0.1) is 0 Å². The Bertz CT molecular complexity index is 600. The average molecular weight is 332 g/mol. The first-order valence-electron chi connectivity index (χ1n) is 8.58. The predicted molar refractivity (Wildman–Crippen MR) is 92.7 cm³/mol. The number of hydroxylamine groups is 1. The zero-order valence-electron chi connectivity index (χ0n) is 14.8. The summed E-state index contributed by atoms with van der Waals surface area (Å²) in [5, 5.41) is 7.26. The third-order valence-electron chi connectivity index (χ3n) is 4.90. The molecule has 2 aliphatic rings. The van der Waals surface area contributed by atoms with E-state index in [1.54, 1.807) is 0 Å². The third kappa shape index (κ3) is 4.35. The number of nitrogens with zero attached hydrogens (tertiary/aromatic N) is 1. The van der Waals surface area contributed by atoms with Crippen molar-refractivity contribution >= 4 is 12.3 Å². The van der Waals surface area contributed by atoms with Crippen molar-refractivity contribution in [2.24, 2.45) is 11.3 Å². The lowest BCUT2D eigenvalue weighted by atomic mass is 9.71. The van der Waals surface area contributed by atoms with E-state index in [0.29, 0.717) is 11.8 Å². The van der Waals surface area contributed by atoms with Crippen molar-refractivity contribution in [3.05, 3.63) is 34.9 Å². The van der Waals surface area contributed by atoms with Gasteiger partial charge in [0.25, 0.3) is 0 Å². The van der Waals surface area contributed by atoms with Crippen LogP contribution in [0.1, 0.15) is 43.4 Å². The molecular formula is C19H28N2O3. The first-order chi connectivity index (χ1) is 11.4. The van der Waals surface area contributed by atoms with Crippen molar-refractivity contribution in [1.82, 2.24) is 10.4 Å². The Morgan fingerprint density at radius 2 is 2.04 bits per heavy atom. The minimum atomic E-state index is 0.181. The van der Waals surface area contributed by atoms with Gasteiger partial charge in [-0.15, -0.1) is 0 Å². The zero-order chi connectivity index (χ0) is 17.7. The molecule has 1 aromatic carbocycles. The van der Waals surface area contributed by atoms with Crippen LogP contribution in [-0.4, -0.2) is 35.5 Å². The molecule has 5 nitrogen and oxygen atoms in total. The summed E-state index contributed by atoms with van der Waals surface area (Å²) in [5.41, 5.74) is 5.78. The third-order valence-corrected chi connectivity index (χ3v) is 4.90. The molecule has 0 aromatic heterocycles. The number of nitrogens with one attached hydrogen (secondary N) is 1. The Morgan fingerprint density at radius 3 is 2.67 bits per heavy atom. The number of hydrogen-bond donors (Lipinski definition) is 2. The lowest BCUT2D eigenvalue weighted by molar-refractivity contribution is -0.128. The Morgan fingerprint density at radius 1 is 1.33 bits per heavy atom. The number of amides is 2. The Hall–Kier alpha value is -1.88. The molecule has 2 N–H and O–H groups in total. The Balaban J connectivity index is 0.000000471. The highest BCUT2D eigenvalue weighted by Gasteiger charge is 2.44. The quantitative estimate of drug-likeness (QED) is 0.507. The van der Waals surface area contributed by atoms with E-state index in [0.717, 1.165) is 32.4 Å². The molecule has 1 heterocycles. The minimum Gasteiger partial charge on any atom is -0.342 e. The van der Waals surface area contributed by atoms with Crippen LogP contribution in [0.3, 0.4) is 0 Å². The Kier molecular flexibility index (Phi) is 5.99. The van der Waals surface area contributed by atoms with Gasteiger partial charge in [0.2, 0.25) is 12.3 Å². The fraction of sp³-hybridized carbons (Fsp3) is 0.579. The summed E-state index contributed by atoms with van der Waals surface area (Å²) in [6, 6.07) is 6.81. The molecule has 1 aliphatic heterocycles. The molecule has 2 amide bonds. The van der Waals surface area contributed by atoms with E-state index in [2.05, 4.69) is 43.9 Å². The highest BCUT2D eigenvalue weighted by Crippen LogP contribution is 2.43. The largest absolute Gasteiger partial charge is 0.342 e. The minimum absolute atomic E-state index is 0.181. The first kappa shape index (κ1) is 18.5. The van der Waals surface area contributed by atoms with Crippen LogP contribution in [0.5, 0.6) is 0 Å². The number of carbonyl (C=O) groups is 2. The molecule has 0 saturated carbocycles. The second-order valence-corrected chi connectivity index (χ2v) is 7.54. The zero-order valence-corrected chi connectivity index (χ0v) is 14.8. The van der Waals surface area contributed by atoms with E-state index >= 15 is 0 Å². The van der Waals surface area contributed by atoms with Crippen molar-refractivity contribution in [2.75, 3.05) is 13.1 Å². The molecule has 132 valence electrons. The maximum atomic E-state index is 12.3. The highest BCUT2D eigenvalue weighted by atomic mass is 16.5. The molecule has 0 bridgehead atoms. The molecule has 1 unspecified atom stereocenters. The molecule has 1 saturated heterocycles. The average Bonchev–Trinajstić information content (AvgIpc) is 2.81. The van der Waals surface area contributed by atoms with Crippen LogP contribution in [0.25, 0.3) is 0 Å². The summed E-state index contributed by atoms with van der Waals surface area (Å²) in [6.07, 6.45) is 4.33. The molecule has 1 aliphatic carbocycles. The predicted octanol–water partition coefficient (Wildman–Crippen LogP) is 2.48. The molecule has 1 aromatic rings. The summed E-state index contributed by atoms with van der Waals surface area (Å²) in [5.74, 6) is 0.932. The summed E-state index contributed by atoms with van der Waals surface area (Å²) in [6.45, 7) is 8.43. The van der Waals surface area contributed by atoms with Gasteiger partial charge < -0.3 is 4.90 Å². The number of benzene rings is 1. The fourth-order valence-corrected chi connectivity index (χ4v) is 3.93. The van der Waals surface area contributed by atoms with Gasteiger partial charge in [-0.25, -0.2) is 5.48 Å². The van der Waals surface area contributed by atoms with Gasteiger partial charge in [0.1, 0.15) is 0 Å². The summed E-state index contributed by atoms with van der Waals surface area (Å²) in [4.78, 5) is 23.2. The lowest BCUT2D eigenvalue weighted by Crippen LogP contribution is -2.34. The smallest absolute Gasteiger partial charge is 0.230 e. The lowest BCUT2D eigenvalue weighted by Gasteiger charge is -2.34. The first-order valence-corrected chi connectivity index (χ1v) is 8.58. The van der Waals surface area contributed by atoms with Crippen molar-refractivity contribution in [3.63, 3.8) is 0 Å². The van der Waals surface area contributed by atoms with Crippen LogP contribution in [0.15, 0.2) is 18.2 Å². The van der Waals surface area contributed by atoms with Gasteiger partial charge in [0, 0.05) is 24.9 Å². The van der Waals surface area contributed by atoms with Crippen LogP contribution in [-0.2, 0) is 22.4 Å². The van der Waals surface area contributed by atoms with Crippen molar-refractivity contribution in [3.8, 4) is 0 Å². The number of likely N-dealkylation sites (tertiary alicyclic amines) is 1. The summed E-state index contributed by atoms with van der Waals surface area (Å²) >= 11 is 0. The topological polar surface area (TPSA) is 69.6 Å². The van der Waals surface area contributed by atoms with Crippen LogP contribution in [0.2, 0.25) is 0 Å². The number of carbonyl (C=O) groups excluding carboxylic acids is 2. The summed E-state index contributed by atoms with van der Waals surface area (Å²) in [7, 11) is 0. The van der Waals surface area contributed by atoms with Gasteiger partial charge in [-0.2, -0.15) is 0 Å². The molecular weight excluding hydrogens is 304 g/mol. The van der Waals surface area contributed by atoms with Crippen LogP contribution in [0.4, 0.5) is 0 Å². The second kappa shape index (κ2) is 7.79. The van der Waals surface area contributed by atoms with Gasteiger partial charge in [-0.3, -0.25) is 14.8 Å². The number of fused-ring (bicyclic) bond motifs is 1. The van der Waals surface area contributed by atoms with Gasteiger partial charge in [0.15, 0.2) is 0 Å². The van der Waals surface area contributed by atoms with E-state index in [1.807, 2.05) is 0 Å². The summed E-state index contributed by atoms with van der Waals surface area (Å²) < 4.78 is 0. The van der Waals surface area contributed by atoms with E-state index in [1.165, 1.54) is 28.6 Å². The van der Waals surface area contributed by atoms with Crippen LogP contribution in [0, 0.1) is 18.3 Å². The standard InChI is InChI=1S/C18H25NO.CH3NO2/c1-13(2)11-19-12-18(10-17(19)20)7-6-15-5-4-14(3)8-16(15)9-18;3-1-2-4/h4-5,8,13H,6-7,9-12H2,1-3H3;1,4H,(H,2,3). The number of hydrogen-bond acceptors (Lipinski definition) is 3. The van der Waals surface area contributed by atoms with E-state index in [9.17, 15) is 4.79 Å². The molecule has 1 atom stereocenters. The van der Waals surface area contributed by atoms with Gasteiger partial charge in [-0.05, 0) is 43.2 Å². The normalized spacial score (nSPS) is 22.2. The second-order valence-electron chi connectivity index (χ2n) is 7.54. The molecule has 24 heavy (non-hydrogen) atoms. The highest BCUT2D eigenvalue weighted by molar-refractivity contribution is 5.79. The molecule has 0 radical (unpaired) electrons. The monoisotopic (exact) mass is 332 g/mol. The maximum Gasteiger partial charge on any atom is 0.230 e. The van der Waals surface area contributed by atoms with Crippen molar-refractivity contribution < 1.29 is 14.8 Å². The van der Waals surface area contributed by atoms with E-state index in [-0.39, 0.29) is 11.8 Å². The van der Waals surface area contributed by atoms with Gasteiger partial charge in [-0.1, -0.05) is 37.6 Å². The molecule has 1 spiro atoms. The van der Waals surface area contributed by atoms with E-state index in [4.69, 9.17) is 10.0 Å². The van der Waals surface area contributed by atoms with Gasteiger partial charge >= 0.3 is 0 Å². The molecule has 5 heteroatoms. The van der Waals surface area contributed by atoms with Crippen molar-refractivity contribution in [2.45, 2.75) is 46.5 Å². The fourth-order valence-electron chi connectivity index (χ4n) is 3.93. The SMILES string of the molecule is Cc1ccc2c(c1)CC1(CC2)CC(=O)N(CC(C)C)C1.O=CNO. The van der Waals surface area contributed by atoms with E-state index < -0.39 is 0 Å². The van der Waals surface area contributed by atoms with Crippen LogP contribution < -0.4 is 5.48 Å². The maximum absolute atomic E-state index is 12.3. The number of rotatable bonds is 3. The molecule has 1 fully saturated rings. The number of aryl methyl sites for hydroxylation is 2. The van der Waals surface area contributed by atoms with Crippen LogP contribution >= 0.6 is 0 Å². The molecule has 3 rings (SSSR count). The Labute approximate surface area is 144 Å². The van der Waals surface area contributed by atoms with Crippen molar-refractivity contribution in [1.29, 1.82) is 0 Å².